The Kier molecular flexibility index (Phi) is 5.97. The third-order valence-corrected chi connectivity index (χ3v) is 5.45. The Morgan fingerprint density at radius 1 is 1.19 bits per heavy atom. The van der Waals surface area contributed by atoms with Crippen molar-refractivity contribution < 1.29 is 14.3 Å². The number of rotatable bonds is 6. The summed E-state index contributed by atoms with van der Waals surface area (Å²) in [5, 5.41) is 11.3. The van der Waals surface area contributed by atoms with Crippen molar-refractivity contribution in [3.8, 4) is 5.75 Å². The lowest BCUT2D eigenvalue weighted by molar-refractivity contribution is -0.136. The van der Waals surface area contributed by atoms with Gasteiger partial charge in [-0.1, -0.05) is 18.2 Å². The van der Waals surface area contributed by atoms with Crippen LogP contribution in [0.1, 0.15) is 37.2 Å². The fourth-order valence-electron chi connectivity index (χ4n) is 3.84. The largest absolute Gasteiger partial charge is 0.497 e. The summed E-state index contributed by atoms with van der Waals surface area (Å²) >= 11 is 0. The van der Waals surface area contributed by atoms with Crippen LogP contribution in [0.25, 0.3) is 11.7 Å². The van der Waals surface area contributed by atoms with E-state index < -0.39 is 6.04 Å². The van der Waals surface area contributed by atoms with E-state index in [2.05, 4.69) is 15.5 Å². The Bertz CT molecular complexity index is 1110. The highest BCUT2D eigenvalue weighted by Crippen LogP contribution is 2.31. The van der Waals surface area contributed by atoms with Gasteiger partial charge in [-0.15, -0.1) is 10.2 Å². The molecule has 1 saturated heterocycles. The number of benzene rings is 1. The lowest BCUT2D eigenvalue weighted by Gasteiger charge is -2.26. The van der Waals surface area contributed by atoms with Gasteiger partial charge in [0.25, 0.3) is 0 Å². The lowest BCUT2D eigenvalue weighted by Crippen LogP contribution is -2.46. The van der Waals surface area contributed by atoms with E-state index in [1.807, 2.05) is 53.1 Å². The second-order valence-electron chi connectivity index (χ2n) is 7.51. The maximum atomic E-state index is 13.1. The molecule has 2 atom stereocenters. The number of aromatic nitrogens is 3. The predicted molar refractivity (Wildman–Crippen MR) is 116 cm³/mol. The van der Waals surface area contributed by atoms with Gasteiger partial charge >= 0.3 is 0 Å². The maximum absolute atomic E-state index is 13.1. The zero-order chi connectivity index (χ0) is 21.8. The zero-order valence-corrected chi connectivity index (χ0v) is 17.6. The monoisotopic (exact) mass is 419 g/mol. The molecule has 0 aliphatic carbocycles. The average Bonchev–Trinajstić information content (AvgIpc) is 3.44. The Balaban J connectivity index is 1.40. The summed E-state index contributed by atoms with van der Waals surface area (Å²) in [6, 6.07) is 12.3. The highest BCUT2D eigenvalue weighted by Gasteiger charge is 2.35. The van der Waals surface area contributed by atoms with Crippen LogP contribution in [0.4, 0.5) is 0 Å². The number of methoxy groups -OCH3 is 1. The van der Waals surface area contributed by atoms with Gasteiger partial charge in [0.05, 0.1) is 13.2 Å². The number of fused-ring (bicyclic) bond motifs is 1. The molecule has 8 nitrogen and oxygen atoms in total. The molecule has 1 fully saturated rings. The van der Waals surface area contributed by atoms with Gasteiger partial charge in [-0.3, -0.25) is 14.0 Å². The number of hydrogen-bond donors (Lipinski definition) is 1. The molecule has 0 spiro atoms. The molecule has 1 N–H and O–H groups in total. The maximum Gasteiger partial charge on any atom is 0.245 e. The molecular weight excluding hydrogens is 394 g/mol. The summed E-state index contributed by atoms with van der Waals surface area (Å²) in [6.07, 6.45) is 6.74. The minimum Gasteiger partial charge on any atom is -0.497 e. The predicted octanol–water partition coefficient (Wildman–Crippen LogP) is 2.62. The minimum absolute atomic E-state index is 0.124. The first-order chi connectivity index (χ1) is 15.1. The number of hydrogen-bond acceptors (Lipinski definition) is 5. The Hall–Kier alpha value is -3.68. The molecule has 8 heteroatoms. The molecular formula is C23H25N5O3. The van der Waals surface area contributed by atoms with Crippen LogP contribution in [-0.2, 0) is 9.59 Å². The Morgan fingerprint density at radius 3 is 2.77 bits per heavy atom. The number of likely N-dealkylation sites (tertiary alicyclic amines) is 1. The van der Waals surface area contributed by atoms with Crippen molar-refractivity contribution in [1.82, 2.24) is 24.8 Å². The summed E-state index contributed by atoms with van der Waals surface area (Å²) in [7, 11) is 1.60. The number of nitrogens with zero attached hydrogens (tertiary/aromatic N) is 4. The molecule has 3 heterocycles. The third kappa shape index (κ3) is 4.42. The summed E-state index contributed by atoms with van der Waals surface area (Å²) in [4.78, 5) is 27.2. The molecule has 160 valence electrons. The normalized spacial score (nSPS) is 17.2. The van der Waals surface area contributed by atoms with E-state index in [-0.39, 0.29) is 17.9 Å². The van der Waals surface area contributed by atoms with Gasteiger partial charge in [0.2, 0.25) is 11.8 Å². The van der Waals surface area contributed by atoms with Crippen LogP contribution in [0, 0.1) is 0 Å². The van der Waals surface area contributed by atoms with Crippen molar-refractivity contribution in [2.75, 3.05) is 13.7 Å². The summed E-state index contributed by atoms with van der Waals surface area (Å²) < 4.78 is 7.04. The second-order valence-corrected chi connectivity index (χ2v) is 7.51. The number of amides is 2. The van der Waals surface area contributed by atoms with Crippen LogP contribution in [-0.4, -0.2) is 51.0 Å². The summed E-state index contributed by atoms with van der Waals surface area (Å²) in [6.45, 7) is 2.34. The van der Waals surface area contributed by atoms with E-state index >= 15 is 0 Å². The molecule has 2 aromatic heterocycles. The van der Waals surface area contributed by atoms with Crippen LogP contribution in [0.2, 0.25) is 0 Å². The van der Waals surface area contributed by atoms with Crippen LogP contribution in [0.5, 0.6) is 5.75 Å². The number of carbonyl (C=O) groups excluding carboxylic acids is 2. The molecule has 31 heavy (non-hydrogen) atoms. The first-order valence-corrected chi connectivity index (χ1v) is 10.3. The molecule has 2 unspecified atom stereocenters. The Morgan fingerprint density at radius 2 is 2.00 bits per heavy atom. The second kappa shape index (κ2) is 8.99. The van der Waals surface area contributed by atoms with Crippen molar-refractivity contribution in [3.05, 3.63) is 66.1 Å². The van der Waals surface area contributed by atoms with E-state index in [0.717, 1.165) is 35.6 Å². The number of carbonyl (C=O) groups is 2. The lowest BCUT2D eigenvalue weighted by atomic mass is 10.2. The number of nitrogens with one attached hydrogen (secondary N) is 1. The average molecular weight is 419 g/mol. The van der Waals surface area contributed by atoms with Crippen LogP contribution < -0.4 is 10.1 Å². The van der Waals surface area contributed by atoms with Gasteiger partial charge in [0, 0.05) is 18.8 Å². The number of ether oxygens (including phenoxy) is 1. The van der Waals surface area contributed by atoms with E-state index in [1.165, 1.54) is 6.08 Å². The van der Waals surface area contributed by atoms with Crippen molar-refractivity contribution in [2.45, 2.75) is 31.8 Å². The van der Waals surface area contributed by atoms with Gasteiger partial charge in [-0.2, -0.15) is 0 Å². The molecule has 1 aromatic carbocycles. The van der Waals surface area contributed by atoms with Crippen LogP contribution >= 0.6 is 0 Å². The fourth-order valence-corrected chi connectivity index (χ4v) is 3.84. The molecule has 1 aliphatic rings. The topological polar surface area (TPSA) is 88.8 Å². The highest BCUT2D eigenvalue weighted by atomic mass is 16.5. The third-order valence-electron chi connectivity index (χ3n) is 5.45. The van der Waals surface area contributed by atoms with Crippen LogP contribution in [0.15, 0.2) is 54.7 Å². The fraction of sp³-hybridized carbons (Fsp3) is 0.304. The van der Waals surface area contributed by atoms with Crippen molar-refractivity contribution in [2.24, 2.45) is 0 Å². The molecule has 0 radical (unpaired) electrons. The molecule has 1 aliphatic heterocycles. The van der Waals surface area contributed by atoms with Gasteiger partial charge in [0.1, 0.15) is 11.8 Å². The smallest absolute Gasteiger partial charge is 0.245 e. The summed E-state index contributed by atoms with van der Waals surface area (Å²) in [5.41, 5.74) is 1.62. The SMILES string of the molecule is COc1ccc(/C=C/C(=O)NC(C)C(=O)N2CCCC2c2nnc3ccccn23)cc1. The van der Waals surface area contributed by atoms with Crippen molar-refractivity contribution in [3.63, 3.8) is 0 Å². The van der Waals surface area contributed by atoms with Gasteiger partial charge in [0.15, 0.2) is 11.5 Å². The molecule has 3 aromatic rings. The molecule has 0 bridgehead atoms. The molecule has 2 amide bonds. The molecule has 4 rings (SSSR count). The van der Waals surface area contributed by atoms with Crippen molar-refractivity contribution >= 4 is 23.5 Å². The highest BCUT2D eigenvalue weighted by molar-refractivity contribution is 5.95. The standard InChI is InChI=1S/C23H25N5O3/c1-16(24-21(29)13-10-17-8-11-18(31-2)12-9-17)23(30)27-15-5-6-19(27)22-26-25-20-7-3-4-14-28(20)22/h3-4,7-14,16,19H,5-6,15H2,1-2H3,(H,24,29)/b13-10+. The van der Waals surface area contributed by atoms with E-state index in [4.69, 9.17) is 4.74 Å². The zero-order valence-electron chi connectivity index (χ0n) is 17.6. The first-order valence-electron chi connectivity index (χ1n) is 10.3. The van der Waals surface area contributed by atoms with Gasteiger partial charge < -0.3 is 15.0 Å². The molecule has 0 saturated carbocycles. The minimum atomic E-state index is -0.646. The van der Waals surface area contributed by atoms with Crippen LogP contribution in [0.3, 0.4) is 0 Å². The van der Waals surface area contributed by atoms with E-state index in [1.54, 1.807) is 25.0 Å². The first kappa shape index (κ1) is 20.6. The van der Waals surface area contributed by atoms with E-state index in [9.17, 15) is 9.59 Å². The quantitative estimate of drug-likeness (QED) is 0.621. The number of pyridine rings is 1. The summed E-state index contributed by atoms with van der Waals surface area (Å²) in [5.74, 6) is 1.06. The van der Waals surface area contributed by atoms with Gasteiger partial charge in [-0.25, -0.2) is 0 Å². The van der Waals surface area contributed by atoms with Crippen molar-refractivity contribution in [1.29, 1.82) is 0 Å². The Labute approximate surface area is 180 Å². The van der Waals surface area contributed by atoms with E-state index in [0.29, 0.717) is 6.54 Å². The van der Waals surface area contributed by atoms with Gasteiger partial charge in [-0.05, 0) is 55.7 Å².